The van der Waals surface area contributed by atoms with E-state index >= 15 is 0 Å². The lowest BCUT2D eigenvalue weighted by molar-refractivity contribution is -0.152. The van der Waals surface area contributed by atoms with Gasteiger partial charge >= 0.3 is 5.69 Å². The van der Waals surface area contributed by atoms with Gasteiger partial charge in [-0.2, -0.15) is 10.2 Å². The Bertz CT molecular complexity index is 622. The fraction of sp³-hybridized carbons (Fsp3) is 0.545. The molecule has 1 aliphatic heterocycles. The highest BCUT2D eigenvalue weighted by molar-refractivity contribution is 5.26. The van der Waals surface area contributed by atoms with Gasteiger partial charge in [0.15, 0.2) is 5.60 Å². The maximum atomic E-state index is 11.9. The highest BCUT2D eigenvalue weighted by atomic mass is 16.6. The monoisotopic (exact) mass is 282 g/mol. The van der Waals surface area contributed by atoms with Crippen LogP contribution in [-0.2, 0) is 10.5 Å². The Morgan fingerprint density at radius 2 is 2.35 bits per heavy atom. The first-order valence-electron chi connectivity index (χ1n) is 5.76. The van der Waals surface area contributed by atoms with Crippen LogP contribution in [0.25, 0.3) is 0 Å². The molecular weight excluding hydrogens is 268 g/mol. The lowest BCUT2D eigenvalue weighted by Crippen LogP contribution is -2.57. The van der Waals surface area contributed by atoms with Gasteiger partial charge in [-0.3, -0.25) is 4.57 Å². The lowest BCUT2D eigenvalue weighted by Gasteiger charge is -2.34. The smallest absolute Gasteiger partial charge is 0.352 e. The number of hydrogen-bond donors (Lipinski definition) is 4. The molecule has 0 aromatic carbocycles. The van der Waals surface area contributed by atoms with Gasteiger partial charge in [0, 0.05) is 6.20 Å². The Kier molecular flexibility index (Phi) is 3.27. The van der Waals surface area contributed by atoms with Gasteiger partial charge in [0.1, 0.15) is 24.1 Å². The van der Waals surface area contributed by atoms with Gasteiger partial charge in [-0.1, -0.05) is 0 Å². The number of aliphatic hydroxyl groups excluding tert-OH is 2. The molecule has 1 saturated heterocycles. The van der Waals surface area contributed by atoms with Crippen molar-refractivity contribution in [1.82, 2.24) is 9.55 Å². The molecule has 108 valence electrons. The zero-order valence-corrected chi connectivity index (χ0v) is 10.6. The quantitative estimate of drug-likeness (QED) is 0.464. The average molecular weight is 282 g/mol. The summed E-state index contributed by atoms with van der Waals surface area (Å²) in [7, 11) is 0. The van der Waals surface area contributed by atoms with Crippen LogP contribution >= 0.6 is 0 Å². The Labute approximate surface area is 113 Å². The van der Waals surface area contributed by atoms with Gasteiger partial charge in [-0.25, -0.2) is 4.79 Å². The molecule has 4 atom stereocenters. The van der Waals surface area contributed by atoms with Crippen molar-refractivity contribution >= 4 is 5.82 Å². The molecule has 0 radical (unpaired) electrons. The molecule has 2 heterocycles. The first-order chi connectivity index (χ1) is 9.30. The van der Waals surface area contributed by atoms with Crippen molar-refractivity contribution in [1.29, 1.82) is 5.26 Å². The third-order valence-corrected chi connectivity index (χ3v) is 3.43. The molecule has 1 aliphatic rings. The molecule has 9 nitrogen and oxygen atoms in total. The van der Waals surface area contributed by atoms with E-state index in [0.717, 1.165) is 17.7 Å². The topological polar surface area (TPSA) is 155 Å². The highest BCUT2D eigenvalue weighted by Crippen LogP contribution is 2.42. The van der Waals surface area contributed by atoms with Crippen molar-refractivity contribution in [3.05, 3.63) is 22.7 Å². The van der Waals surface area contributed by atoms with Gasteiger partial charge < -0.3 is 25.8 Å². The third-order valence-electron chi connectivity index (χ3n) is 3.43. The van der Waals surface area contributed by atoms with E-state index in [1.165, 1.54) is 6.07 Å². The van der Waals surface area contributed by atoms with Crippen molar-refractivity contribution in [2.45, 2.75) is 30.5 Å². The van der Waals surface area contributed by atoms with E-state index in [-0.39, 0.29) is 5.82 Å². The predicted molar refractivity (Wildman–Crippen MR) is 65.1 cm³/mol. The second-order valence-electron chi connectivity index (χ2n) is 4.69. The number of anilines is 1. The molecule has 0 aliphatic carbocycles. The molecule has 1 aromatic rings. The minimum Gasteiger partial charge on any atom is -0.394 e. The van der Waals surface area contributed by atoms with E-state index in [2.05, 4.69) is 4.98 Å². The highest BCUT2D eigenvalue weighted by Gasteiger charge is 2.65. The zero-order chi connectivity index (χ0) is 15.1. The number of nitriles is 1. The maximum Gasteiger partial charge on any atom is 0.352 e. The molecule has 0 bridgehead atoms. The Morgan fingerprint density at radius 1 is 1.70 bits per heavy atom. The van der Waals surface area contributed by atoms with E-state index in [1.807, 2.05) is 0 Å². The number of nitrogens with two attached hydrogens (primary N) is 1. The number of nitrogens with zero attached hydrogens (tertiary/aromatic N) is 3. The van der Waals surface area contributed by atoms with Crippen LogP contribution in [0.3, 0.4) is 0 Å². The van der Waals surface area contributed by atoms with Crippen LogP contribution in [0.4, 0.5) is 5.82 Å². The fourth-order valence-electron chi connectivity index (χ4n) is 2.25. The summed E-state index contributed by atoms with van der Waals surface area (Å²) >= 11 is 0. The van der Waals surface area contributed by atoms with Gasteiger partial charge in [0.2, 0.25) is 0 Å². The van der Waals surface area contributed by atoms with Gasteiger partial charge in [0.05, 0.1) is 6.61 Å². The number of hydrogen-bond acceptors (Lipinski definition) is 8. The van der Waals surface area contributed by atoms with E-state index in [0.29, 0.717) is 0 Å². The summed E-state index contributed by atoms with van der Waals surface area (Å²) in [6.07, 6.45) is -1.64. The number of aromatic nitrogens is 2. The van der Waals surface area contributed by atoms with Crippen molar-refractivity contribution in [2.24, 2.45) is 0 Å². The van der Waals surface area contributed by atoms with Crippen LogP contribution in [0.15, 0.2) is 17.1 Å². The van der Waals surface area contributed by atoms with Crippen molar-refractivity contribution in [3.63, 3.8) is 0 Å². The van der Waals surface area contributed by atoms with E-state index in [9.17, 15) is 20.3 Å². The van der Waals surface area contributed by atoms with Crippen LogP contribution in [0.2, 0.25) is 0 Å². The molecule has 0 unspecified atom stereocenters. The summed E-state index contributed by atoms with van der Waals surface area (Å²) in [5.41, 5.74) is 0.101. The average Bonchev–Trinajstić information content (AvgIpc) is 2.59. The van der Waals surface area contributed by atoms with Gasteiger partial charge in [-0.05, 0) is 13.0 Å². The maximum absolute atomic E-state index is 11.9. The van der Waals surface area contributed by atoms with E-state index in [4.69, 9.17) is 15.6 Å². The van der Waals surface area contributed by atoms with Crippen molar-refractivity contribution in [3.8, 4) is 6.07 Å². The van der Waals surface area contributed by atoms with Crippen LogP contribution in [0.1, 0.15) is 6.92 Å². The Balaban J connectivity index is 2.67. The second-order valence-corrected chi connectivity index (χ2v) is 4.69. The molecule has 9 heteroatoms. The van der Waals surface area contributed by atoms with Crippen LogP contribution < -0.4 is 11.4 Å². The van der Waals surface area contributed by atoms with Gasteiger partial charge in [-0.15, -0.1) is 0 Å². The van der Waals surface area contributed by atoms with Crippen LogP contribution in [0, 0.1) is 11.3 Å². The summed E-state index contributed by atoms with van der Waals surface area (Å²) in [6.45, 7) is 0.511. The van der Waals surface area contributed by atoms with Crippen molar-refractivity contribution < 1.29 is 20.1 Å². The molecule has 1 aromatic heterocycles. The Hall–Kier alpha value is -1.99. The molecule has 1 fully saturated rings. The SMILES string of the molecule is C[C@@]1(O)[C@H](O)[C@@H](CO)O[C@@]1(C#N)n1ccc(N)nc1=O. The number of aliphatic hydroxyl groups is 3. The van der Waals surface area contributed by atoms with Crippen LogP contribution in [-0.4, -0.2) is 49.3 Å². The summed E-state index contributed by atoms with van der Waals surface area (Å²) in [5.74, 6) is -0.0590. The molecule has 2 rings (SSSR count). The number of ether oxygens (including phenoxy) is 1. The molecule has 20 heavy (non-hydrogen) atoms. The zero-order valence-electron chi connectivity index (χ0n) is 10.6. The summed E-state index contributed by atoms with van der Waals surface area (Å²) in [4.78, 5) is 15.3. The van der Waals surface area contributed by atoms with Crippen molar-refractivity contribution in [2.75, 3.05) is 12.3 Å². The minimum atomic E-state index is -2.21. The first kappa shape index (κ1) is 14.4. The Morgan fingerprint density at radius 3 is 2.80 bits per heavy atom. The lowest BCUT2D eigenvalue weighted by atomic mass is 9.88. The molecule has 0 amide bonds. The molecule has 0 spiro atoms. The van der Waals surface area contributed by atoms with Crippen LogP contribution in [0.5, 0.6) is 0 Å². The number of nitrogen functional groups attached to an aromatic ring is 1. The summed E-state index contributed by atoms with van der Waals surface area (Å²) in [6, 6.07) is 2.93. The van der Waals surface area contributed by atoms with E-state index < -0.39 is 35.8 Å². The standard InChI is InChI=1S/C11H14N4O5/c1-10(19)8(17)6(4-16)20-11(10,5-12)15-3-2-7(13)14-9(15)18/h2-3,6,8,16-17,19H,4H2,1H3,(H2,13,14,18)/t6-,8-,10-,11-/m1/s1. The molecular formula is C11H14N4O5. The fourth-order valence-corrected chi connectivity index (χ4v) is 2.25. The van der Waals surface area contributed by atoms with E-state index in [1.54, 1.807) is 6.07 Å². The largest absolute Gasteiger partial charge is 0.394 e. The predicted octanol–water partition coefficient (Wildman–Crippen LogP) is -2.50. The molecule has 0 saturated carbocycles. The normalized spacial score (nSPS) is 36.8. The summed E-state index contributed by atoms with van der Waals surface area (Å²) < 4.78 is 5.99. The first-order valence-corrected chi connectivity index (χ1v) is 5.76. The number of rotatable bonds is 2. The second kappa shape index (κ2) is 4.53. The van der Waals surface area contributed by atoms with Gasteiger partial charge in [0.25, 0.3) is 5.72 Å². The third kappa shape index (κ3) is 1.70. The molecule has 5 N–H and O–H groups in total. The minimum absolute atomic E-state index is 0.0590. The summed E-state index contributed by atoms with van der Waals surface area (Å²) in [5, 5.41) is 38.9.